The Morgan fingerprint density at radius 3 is 3.00 bits per heavy atom. The number of imidazole rings is 1. The van der Waals surface area contributed by atoms with Crippen molar-refractivity contribution in [3.8, 4) is 5.88 Å². The van der Waals surface area contributed by atoms with Gasteiger partial charge in [-0.25, -0.2) is 9.97 Å². The van der Waals surface area contributed by atoms with Crippen molar-refractivity contribution in [3.05, 3.63) is 6.33 Å². The van der Waals surface area contributed by atoms with E-state index in [4.69, 9.17) is 9.84 Å². The third-order valence-corrected chi connectivity index (χ3v) is 3.11. The van der Waals surface area contributed by atoms with Crippen LogP contribution < -0.4 is 4.74 Å². The van der Waals surface area contributed by atoms with Gasteiger partial charge in [0.25, 0.3) is 0 Å². The van der Waals surface area contributed by atoms with Gasteiger partial charge in [0.2, 0.25) is 5.88 Å². The van der Waals surface area contributed by atoms with Crippen LogP contribution in [0.1, 0.15) is 0 Å². The second kappa shape index (κ2) is 4.58. The minimum absolute atomic E-state index is 0.0487. The molecule has 0 aromatic carbocycles. The van der Waals surface area contributed by atoms with Crippen LogP contribution in [-0.4, -0.2) is 43.5 Å². The predicted molar refractivity (Wildman–Crippen MR) is 61.2 cm³/mol. The number of carboxylic acids is 1. The lowest BCUT2D eigenvalue weighted by atomic mass is 10.5. The Hall–Kier alpha value is -1.83. The first kappa shape index (κ1) is 11.6. The molecular formula is C9H10N4O3S. The highest BCUT2D eigenvalue weighted by Crippen LogP contribution is 2.25. The maximum atomic E-state index is 10.5. The fourth-order valence-electron chi connectivity index (χ4n) is 1.36. The second-order valence-corrected chi connectivity index (χ2v) is 4.13. The Morgan fingerprint density at radius 2 is 2.35 bits per heavy atom. The maximum Gasteiger partial charge on any atom is 0.313 e. The first-order valence-corrected chi connectivity index (χ1v) is 5.68. The van der Waals surface area contributed by atoms with Gasteiger partial charge in [0.05, 0.1) is 12.9 Å². The number of nitrogens with zero attached hydrogens (tertiary/aromatic N) is 4. The minimum atomic E-state index is -0.889. The van der Waals surface area contributed by atoms with E-state index < -0.39 is 5.97 Å². The van der Waals surface area contributed by atoms with E-state index in [0.717, 1.165) is 11.8 Å². The van der Waals surface area contributed by atoms with Crippen molar-refractivity contribution < 1.29 is 14.6 Å². The normalized spacial score (nSPS) is 10.7. The van der Waals surface area contributed by atoms with Crippen LogP contribution >= 0.6 is 11.8 Å². The molecule has 2 aromatic heterocycles. The fraction of sp³-hybridized carbons (Fsp3) is 0.333. The highest BCUT2D eigenvalue weighted by atomic mass is 32.2. The monoisotopic (exact) mass is 254 g/mol. The van der Waals surface area contributed by atoms with Crippen LogP contribution in [0.25, 0.3) is 11.2 Å². The van der Waals surface area contributed by atoms with Crippen LogP contribution in [0.2, 0.25) is 0 Å². The summed E-state index contributed by atoms with van der Waals surface area (Å²) in [6.45, 7) is 0. The molecule has 1 N–H and O–H groups in total. The standard InChI is InChI=1S/C9H10N4O3S/c1-13-7-6(8(16-2)11-4-10-7)12-9(13)17-3-5(14)15/h4H,3H2,1-2H3,(H,14,15). The summed E-state index contributed by atoms with van der Waals surface area (Å²) in [5.74, 6) is -0.555. The number of ether oxygens (including phenoxy) is 1. The number of aliphatic carboxylic acids is 1. The van der Waals surface area contributed by atoms with Gasteiger partial charge in [-0.05, 0) is 0 Å². The Balaban J connectivity index is 2.45. The molecule has 7 nitrogen and oxygen atoms in total. The van der Waals surface area contributed by atoms with Gasteiger partial charge >= 0.3 is 5.97 Å². The van der Waals surface area contributed by atoms with E-state index in [1.807, 2.05) is 0 Å². The van der Waals surface area contributed by atoms with Crippen molar-refractivity contribution in [1.82, 2.24) is 19.5 Å². The van der Waals surface area contributed by atoms with E-state index in [2.05, 4.69) is 15.0 Å². The topological polar surface area (TPSA) is 90.1 Å². The Morgan fingerprint density at radius 1 is 1.59 bits per heavy atom. The summed E-state index contributed by atoms with van der Waals surface area (Å²) in [7, 11) is 3.27. The number of fused-ring (bicyclic) bond motifs is 1. The van der Waals surface area contributed by atoms with E-state index in [0.29, 0.717) is 22.2 Å². The number of carboxylic acid groups (broad SMARTS) is 1. The number of hydrogen-bond acceptors (Lipinski definition) is 6. The smallest absolute Gasteiger partial charge is 0.313 e. The van der Waals surface area contributed by atoms with Crippen molar-refractivity contribution in [3.63, 3.8) is 0 Å². The van der Waals surface area contributed by atoms with Crippen LogP contribution in [0.4, 0.5) is 0 Å². The van der Waals surface area contributed by atoms with Crippen LogP contribution in [0.15, 0.2) is 11.5 Å². The third kappa shape index (κ3) is 2.16. The largest absolute Gasteiger partial charge is 0.481 e. The third-order valence-electron chi connectivity index (χ3n) is 2.10. The summed E-state index contributed by atoms with van der Waals surface area (Å²) in [5.41, 5.74) is 1.15. The van der Waals surface area contributed by atoms with Crippen LogP contribution in [-0.2, 0) is 11.8 Å². The zero-order valence-electron chi connectivity index (χ0n) is 9.25. The van der Waals surface area contributed by atoms with Crippen LogP contribution in [0.3, 0.4) is 0 Å². The number of carbonyl (C=O) groups is 1. The number of aromatic nitrogens is 4. The van der Waals surface area contributed by atoms with Gasteiger partial charge in [-0.15, -0.1) is 0 Å². The number of thioether (sulfide) groups is 1. The molecule has 8 heteroatoms. The number of hydrogen-bond donors (Lipinski definition) is 1. The van der Waals surface area contributed by atoms with Gasteiger partial charge in [0.15, 0.2) is 16.3 Å². The number of methoxy groups -OCH3 is 1. The molecule has 2 rings (SSSR count). The molecule has 0 bridgehead atoms. The van der Waals surface area contributed by atoms with Gasteiger partial charge in [-0.2, -0.15) is 4.98 Å². The summed E-state index contributed by atoms with van der Waals surface area (Å²) >= 11 is 1.13. The van der Waals surface area contributed by atoms with Gasteiger partial charge in [-0.1, -0.05) is 11.8 Å². The van der Waals surface area contributed by atoms with Crippen molar-refractivity contribution in [2.45, 2.75) is 5.16 Å². The predicted octanol–water partition coefficient (Wildman–Crippen LogP) is 0.549. The van der Waals surface area contributed by atoms with Crippen molar-refractivity contribution >= 4 is 28.9 Å². The van der Waals surface area contributed by atoms with Gasteiger partial charge in [0.1, 0.15) is 6.33 Å². The number of aryl methyl sites for hydroxylation is 1. The lowest BCUT2D eigenvalue weighted by Crippen LogP contribution is -2.00. The van der Waals surface area contributed by atoms with Gasteiger partial charge in [-0.3, -0.25) is 4.79 Å². The molecule has 0 aliphatic carbocycles. The van der Waals surface area contributed by atoms with Crippen LogP contribution in [0.5, 0.6) is 5.88 Å². The highest BCUT2D eigenvalue weighted by Gasteiger charge is 2.14. The molecular weight excluding hydrogens is 244 g/mol. The summed E-state index contributed by atoms with van der Waals surface area (Å²) in [5, 5.41) is 9.20. The first-order valence-electron chi connectivity index (χ1n) is 4.69. The summed E-state index contributed by atoms with van der Waals surface area (Å²) in [4.78, 5) is 22.8. The van der Waals surface area contributed by atoms with Crippen molar-refractivity contribution in [2.75, 3.05) is 12.9 Å². The van der Waals surface area contributed by atoms with Crippen LogP contribution in [0, 0.1) is 0 Å². The van der Waals surface area contributed by atoms with E-state index >= 15 is 0 Å². The van der Waals surface area contributed by atoms with Gasteiger partial charge in [0, 0.05) is 7.05 Å². The zero-order chi connectivity index (χ0) is 12.4. The molecule has 0 amide bonds. The molecule has 0 atom stereocenters. The Kier molecular flexibility index (Phi) is 3.14. The fourth-order valence-corrected chi connectivity index (χ4v) is 2.05. The molecule has 17 heavy (non-hydrogen) atoms. The molecule has 2 heterocycles. The summed E-state index contributed by atoms with van der Waals surface area (Å²) < 4.78 is 6.78. The quantitative estimate of drug-likeness (QED) is 0.796. The van der Waals surface area contributed by atoms with E-state index in [9.17, 15) is 4.79 Å². The summed E-state index contributed by atoms with van der Waals surface area (Å²) in [6.07, 6.45) is 1.38. The molecule has 90 valence electrons. The SMILES string of the molecule is COc1ncnc2c1nc(SCC(=O)O)n2C. The zero-order valence-corrected chi connectivity index (χ0v) is 10.1. The highest BCUT2D eigenvalue weighted by molar-refractivity contribution is 7.99. The maximum absolute atomic E-state index is 10.5. The molecule has 0 saturated carbocycles. The Bertz CT molecular complexity index is 569. The average Bonchev–Trinajstić information content (AvgIpc) is 2.64. The average molecular weight is 254 g/mol. The lowest BCUT2D eigenvalue weighted by Gasteiger charge is -1.99. The molecule has 0 fully saturated rings. The van der Waals surface area contributed by atoms with E-state index in [-0.39, 0.29) is 5.75 Å². The molecule has 0 spiro atoms. The molecule has 0 aliphatic rings. The molecule has 0 saturated heterocycles. The van der Waals surface area contributed by atoms with Gasteiger partial charge < -0.3 is 14.4 Å². The van der Waals surface area contributed by atoms with Crippen molar-refractivity contribution in [2.24, 2.45) is 7.05 Å². The Labute approximate surface area is 101 Å². The minimum Gasteiger partial charge on any atom is -0.481 e. The summed E-state index contributed by atoms with van der Waals surface area (Å²) in [6, 6.07) is 0. The van der Waals surface area contributed by atoms with Crippen molar-refractivity contribution in [1.29, 1.82) is 0 Å². The molecule has 0 aliphatic heterocycles. The molecule has 2 aromatic rings. The van der Waals surface area contributed by atoms with E-state index in [1.165, 1.54) is 13.4 Å². The lowest BCUT2D eigenvalue weighted by molar-refractivity contribution is -0.133. The molecule has 0 radical (unpaired) electrons. The second-order valence-electron chi connectivity index (χ2n) is 3.19. The molecule has 0 unspecified atom stereocenters. The first-order chi connectivity index (χ1) is 8.13. The number of rotatable bonds is 4. The van der Waals surface area contributed by atoms with E-state index in [1.54, 1.807) is 11.6 Å².